The Morgan fingerprint density at radius 2 is 2.00 bits per heavy atom. The van der Waals surface area contributed by atoms with Gasteiger partial charge in [-0.2, -0.15) is 10.2 Å². The summed E-state index contributed by atoms with van der Waals surface area (Å²) >= 11 is 0. The molecule has 0 aliphatic heterocycles. The summed E-state index contributed by atoms with van der Waals surface area (Å²) in [6, 6.07) is 7.81. The van der Waals surface area contributed by atoms with E-state index >= 15 is 0 Å². The number of hydrogen-bond acceptors (Lipinski definition) is 3. The Kier molecular flexibility index (Phi) is 2.00. The van der Waals surface area contributed by atoms with E-state index in [1.165, 1.54) is 0 Å². The summed E-state index contributed by atoms with van der Waals surface area (Å²) in [7, 11) is 0. The fraction of sp³-hybridized carbons (Fsp3) is 0.100. The Labute approximate surface area is 76.5 Å². The summed E-state index contributed by atoms with van der Waals surface area (Å²) in [5.41, 5.74) is 2.95. The standard InChI is InChI=1S/C10H9N3/c1-8-3-2-4-10(13-8)9-5-6-11-12-7-9/h2-7H,1H3. The maximum Gasteiger partial charge on any atom is 0.0721 e. The van der Waals surface area contributed by atoms with Crippen LogP contribution in [0, 0.1) is 6.92 Å². The normalized spacial score (nSPS) is 9.92. The smallest absolute Gasteiger partial charge is 0.0721 e. The van der Waals surface area contributed by atoms with Crippen LogP contribution in [-0.4, -0.2) is 15.2 Å². The summed E-state index contributed by atoms with van der Waals surface area (Å²) < 4.78 is 0. The predicted octanol–water partition coefficient (Wildman–Crippen LogP) is 1.85. The van der Waals surface area contributed by atoms with Crippen LogP contribution in [0.15, 0.2) is 36.7 Å². The van der Waals surface area contributed by atoms with Crippen LogP contribution >= 0.6 is 0 Å². The molecule has 3 heteroatoms. The Balaban J connectivity index is 2.48. The van der Waals surface area contributed by atoms with E-state index in [1.54, 1.807) is 12.4 Å². The van der Waals surface area contributed by atoms with Crippen LogP contribution in [0.4, 0.5) is 0 Å². The van der Waals surface area contributed by atoms with Gasteiger partial charge in [0.1, 0.15) is 0 Å². The molecule has 0 saturated heterocycles. The monoisotopic (exact) mass is 171 g/mol. The zero-order valence-corrected chi connectivity index (χ0v) is 7.31. The van der Waals surface area contributed by atoms with Gasteiger partial charge in [0.2, 0.25) is 0 Å². The molecular weight excluding hydrogens is 162 g/mol. The van der Waals surface area contributed by atoms with Gasteiger partial charge in [0, 0.05) is 11.3 Å². The van der Waals surface area contributed by atoms with E-state index in [9.17, 15) is 0 Å². The van der Waals surface area contributed by atoms with Crippen molar-refractivity contribution in [3.05, 3.63) is 42.4 Å². The van der Waals surface area contributed by atoms with E-state index in [1.807, 2.05) is 31.2 Å². The van der Waals surface area contributed by atoms with Crippen molar-refractivity contribution in [3.63, 3.8) is 0 Å². The van der Waals surface area contributed by atoms with Crippen molar-refractivity contribution in [2.24, 2.45) is 0 Å². The molecule has 0 N–H and O–H groups in total. The fourth-order valence-electron chi connectivity index (χ4n) is 1.15. The molecule has 0 unspecified atom stereocenters. The predicted molar refractivity (Wildman–Crippen MR) is 50.0 cm³/mol. The molecule has 0 bridgehead atoms. The van der Waals surface area contributed by atoms with Gasteiger partial charge in [0.05, 0.1) is 18.1 Å². The second-order valence-corrected chi connectivity index (χ2v) is 2.80. The number of aromatic nitrogens is 3. The molecule has 13 heavy (non-hydrogen) atoms. The lowest BCUT2D eigenvalue weighted by Crippen LogP contribution is -1.87. The molecule has 0 spiro atoms. The molecule has 0 aliphatic carbocycles. The number of pyridine rings is 1. The quantitative estimate of drug-likeness (QED) is 0.657. The van der Waals surface area contributed by atoms with Crippen LogP contribution in [0.25, 0.3) is 11.3 Å². The highest BCUT2D eigenvalue weighted by Gasteiger charge is 1.97. The number of aryl methyl sites for hydroxylation is 1. The van der Waals surface area contributed by atoms with Crippen molar-refractivity contribution in [2.75, 3.05) is 0 Å². The van der Waals surface area contributed by atoms with Crippen molar-refractivity contribution in [2.45, 2.75) is 6.92 Å². The van der Waals surface area contributed by atoms with Gasteiger partial charge in [0.15, 0.2) is 0 Å². The average Bonchev–Trinajstić information content (AvgIpc) is 2.19. The molecule has 2 aromatic rings. The molecule has 2 rings (SSSR count). The average molecular weight is 171 g/mol. The van der Waals surface area contributed by atoms with Gasteiger partial charge in [0.25, 0.3) is 0 Å². The van der Waals surface area contributed by atoms with E-state index in [2.05, 4.69) is 15.2 Å². The van der Waals surface area contributed by atoms with E-state index in [4.69, 9.17) is 0 Å². The Morgan fingerprint density at radius 1 is 1.08 bits per heavy atom. The van der Waals surface area contributed by atoms with Crippen LogP contribution in [0.2, 0.25) is 0 Å². The van der Waals surface area contributed by atoms with Crippen molar-refractivity contribution in [3.8, 4) is 11.3 Å². The summed E-state index contributed by atoms with van der Waals surface area (Å²) in [5, 5.41) is 7.52. The van der Waals surface area contributed by atoms with Gasteiger partial charge in [-0.05, 0) is 25.1 Å². The topological polar surface area (TPSA) is 38.7 Å². The van der Waals surface area contributed by atoms with Gasteiger partial charge in [-0.25, -0.2) is 0 Å². The van der Waals surface area contributed by atoms with E-state index in [0.29, 0.717) is 0 Å². The third-order valence-corrected chi connectivity index (χ3v) is 1.77. The van der Waals surface area contributed by atoms with Crippen molar-refractivity contribution in [1.82, 2.24) is 15.2 Å². The van der Waals surface area contributed by atoms with Gasteiger partial charge >= 0.3 is 0 Å². The first kappa shape index (κ1) is 7.86. The van der Waals surface area contributed by atoms with Gasteiger partial charge < -0.3 is 0 Å². The zero-order valence-electron chi connectivity index (χ0n) is 7.31. The van der Waals surface area contributed by atoms with Gasteiger partial charge in [-0.1, -0.05) is 6.07 Å². The third kappa shape index (κ3) is 1.69. The highest BCUT2D eigenvalue weighted by Crippen LogP contribution is 2.14. The largest absolute Gasteiger partial charge is 0.253 e. The lowest BCUT2D eigenvalue weighted by Gasteiger charge is -1.99. The Bertz CT molecular complexity index is 398. The van der Waals surface area contributed by atoms with Crippen LogP contribution in [0.3, 0.4) is 0 Å². The summed E-state index contributed by atoms with van der Waals surface area (Å²) in [6.07, 6.45) is 3.38. The molecule has 2 aromatic heterocycles. The summed E-state index contributed by atoms with van der Waals surface area (Å²) in [4.78, 5) is 4.38. The van der Waals surface area contributed by atoms with Crippen molar-refractivity contribution < 1.29 is 0 Å². The lowest BCUT2D eigenvalue weighted by molar-refractivity contribution is 1.03. The van der Waals surface area contributed by atoms with E-state index in [-0.39, 0.29) is 0 Å². The molecule has 0 atom stereocenters. The molecule has 0 fully saturated rings. The number of nitrogens with zero attached hydrogens (tertiary/aromatic N) is 3. The van der Waals surface area contributed by atoms with E-state index < -0.39 is 0 Å². The molecule has 0 amide bonds. The van der Waals surface area contributed by atoms with Crippen molar-refractivity contribution in [1.29, 1.82) is 0 Å². The molecule has 0 saturated carbocycles. The summed E-state index contributed by atoms with van der Waals surface area (Å²) in [5.74, 6) is 0. The van der Waals surface area contributed by atoms with Gasteiger partial charge in [-0.3, -0.25) is 4.98 Å². The molecule has 0 aliphatic rings. The van der Waals surface area contributed by atoms with Crippen LogP contribution in [0.1, 0.15) is 5.69 Å². The maximum atomic E-state index is 4.38. The third-order valence-electron chi connectivity index (χ3n) is 1.77. The molecule has 3 nitrogen and oxygen atoms in total. The van der Waals surface area contributed by atoms with Crippen LogP contribution in [0.5, 0.6) is 0 Å². The molecule has 64 valence electrons. The first-order valence-electron chi connectivity index (χ1n) is 4.07. The van der Waals surface area contributed by atoms with E-state index in [0.717, 1.165) is 17.0 Å². The van der Waals surface area contributed by atoms with Crippen LogP contribution < -0.4 is 0 Å². The Morgan fingerprint density at radius 3 is 2.69 bits per heavy atom. The molecular formula is C10H9N3. The minimum Gasteiger partial charge on any atom is -0.253 e. The molecule has 0 aromatic carbocycles. The Hall–Kier alpha value is -1.77. The zero-order chi connectivity index (χ0) is 9.10. The number of hydrogen-bond donors (Lipinski definition) is 0. The minimum atomic E-state index is 0.940. The second-order valence-electron chi connectivity index (χ2n) is 2.80. The SMILES string of the molecule is Cc1cccc(-c2ccnnc2)n1. The molecule has 2 heterocycles. The minimum absolute atomic E-state index is 0.940. The first-order chi connectivity index (χ1) is 6.36. The maximum absolute atomic E-state index is 4.38. The lowest BCUT2D eigenvalue weighted by atomic mass is 10.2. The first-order valence-corrected chi connectivity index (χ1v) is 4.07. The highest BCUT2D eigenvalue weighted by molar-refractivity contribution is 5.56. The summed E-state index contributed by atoms with van der Waals surface area (Å²) in [6.45, 7) is 1.97. The van der Waals surface area contributed by atoms with Crippen molar-refractivity contribution >= 4 is 0 Å². The highest BCUT2D eigenvalue weighted by atomic mass is 15.1. The number of rotatable bonds is 1. The second kappa shape index (κ2) is 3.31. The fourth-order valence-corrected chi connectivity index (χ4v) is 1.15. The van der Waals surface area contributed by atoms with Crippen LogP contribution in [-0.2, 0) is 0 Å². The van der Waals surface area contributed by atoms with Gasteiger partial charge in [-0.15, -0.1) is 0 Å². The molecule has 0 radical (unpaired) electrons.